The second-order valence-corrected chi connectivity index (χ2v) is 8.19. The van der Waals surface area contributed by atoms with Crippen molar-refractivity contribution in [3.63, 3.8) is 0 Å². The largest absolute Gasteiger partial charge is 0.298 e. The fourth-order valence-electron chi connectivity index (χ4n) is 2.63. The van der Waals surface area contributed by atoms with Crippen LogP contribution in [0.5, 0.6) is 0 Å². The maximum atomic E-state index is 12.7. The number of amides is 1. The number of carbonyl (C=O) groups is 1. The molecule has 0 aliphatic rings. The quantitative estimate of drug-likeness (QED) is 0.614. The molecule has 2 aromatic heterocycles. The first-order chi connectivity index (χ1) is 12.4. The number of rotatable bonds is 5. The average molecular weight is 436 g/mol. The van der Waals surface area contributed by atoms with Gasteiger partial charge >= 0.3 is 0 Å². The summed E-state index contributed by atoms with van der Waals surface area (Å²) in [6, 6.07) is 5.33. The molecule has 3 aromatic rings. The summed E-state index contributed by atoms with van der Waals surface area (Å²) in [5.41, 5.74) is 0.473. The van der Waals surface area contributed by atoms with E-state index >= 15 is 0 Å². The minimum atomic E-state index is -0.160. The maximum absolute atomic E-state index is 12.7. The van der Waals surface area contributed by atoms with Gasteiger partial charge < -0.3 is 0 Å². The fraction of sp³-hybridized carbons (Fsp3) is 0.353. The lowest BCUT2D eigenvalue weighted by molar-refractivity contribution is -0.119. The number of halogens is 1. The molecule has 7 nitrogen and oxygen atoms in total. The molecule has 9 heteroatoms. The average Bonchev–Trinajstić information content (AvgIpc) is 3.00. The summed E-state index contributed by atoms with van der Waals surface area (Å²) in [4.78, 5) is 31.3. The molecule has 0 atom stereocenters. The molecule has 0 spiro atoms. The Morgan fingerprint density at radius 3 is 2.77 bits per heavy atom. The summed E-state index contributed by atoms with van der Waals surface area (Å²) >= 11 is 4.75. The molecule has 0 N–H and O–H groups in total. The van der Waals surface area contributed by atoms with Gasteiger partial charge in [0.05, 0.1) is 17.2 Å². The third kappa shape index (κ3) is 3.83. The highest BCUT2D eigenvalue weighted by molar-refractivity contribution is 9.10. The third-order valence-corrected chi connectivity index (χ3v) is 5.19. The Morgan fingerprint density at radius 1 is 1.35 bits per heavy atom. The number of hydrogen-bond donors (Lipinski definition) is 0. The molecule has 0 saturated heterocycles. The number of benzene rings is 1. The molecule has 3 rings (SSSR count). The molecule has 0 aliphatic heterocycles. The monoisotopic (exact) mass is 435 g/mol. The van der Waals surface area contributed by atoms with E-state index in [1.807, 2.05) is 26.8 Å². The van der Waals surface area contributed by atoms with Gasteiger partial charge in [-0.05, 0) is 39.0 Å². The van der Waals surface area contributed by atoms with Crippen LogP contribution in [-0.4, -0.2) is 31.7 Å². The van der Waals surface area contributed by atoms with E-state index in [0.717, 1.165) is 9.48 Å². The first-order valence-electron chi connectivity index (χ1n) is 8.13. The molecule has 136 valence electrons. The molecular formula is C17H18BrN5O2S. The third-order valence-electron chi connectivity index (χ3n) is 3.86. The van der Waals surface area contributed by atoms with Gasteiger partial charge in [-0.1, -0.05) is 27.3 Å². The van der Waals surface area contributed by atoms with Gasteiger partial charge in [-0.15, -0.1) is 10.2 Å². The maximum Gasteiger partial charge on any atom is 0.261 e. The Morgan fingerprint density at radius 2 is 2.12 bits per heavy atom. The van der Waals surface area contributed by atoms with Crippen LogP contribution in [0, 0.1) is 6.92 Å². The van der Waals surface area contributed by atoms with Crippen molar-refractivity contribution in [3.8, 4) is 0 Å². The SMILES string of the molecule is Cc1nnc(N(C(=O)CCn2cnc3ccc(Br)cc3c2=O)C(C)C)s1. The van der Waals surface area contributed by atoms with Gasteiger partial charge in [-0.2, -0.15) is 0 Å². The highest BCUT2D eigenvalue weighted by Gasteiger charge is 2.22. The Labute approximate surface area is 162 Å². The van der Waals surface area contributed by atoms with Crippen molar-refractivity contribution in [1.29, 1.82) is 0 Å². The lowest BCUT2D eigenvalue weighted by Gasteiger charge is -2.23. The zero-order chi connectivity index (χ0) is 18.8. The zero-order valence-corrected chi connectivity index (χ0v) is 17.0. The van der Waals surface area contributed by atoms with Gasteiger partial charge in [0.2, 0.25) is 11.0 Å². The van der Waals surface area contributed by atoms with Crippen molar-refractivity contribution in [2.24, 2.45) is 0 Å². The van der Waals surface area contributed by atoms with E-state index in [-0.39, 0.29) is 30.5 Å². The second-order valence-electron chi connectivity index (χ2n) is 6.12. The molecule has 0 saturated carbocycles. The van der Waals surface area contributed by atoms with Gasteiger partial charge in [0.25, 0.3) is 5.56 Å². The van der Waals surface area contributed by atoms with Crippen molar-refractivity contribution >= 4 is 49.2 Å². The van der Waals surface area contributed by atoms with Crippen molar-refractivity contribution < 1.29 is 4.79 Å². The van der Waals surface area contributed by atoms with Gasteiger partial charge in [0.15, 0.2) is 0 Å². The number of carbonyl (C=O) groups excluding carboxylic acids is 1. The minimum absolute atomic E-state index is 0.0442. The lowest BCUT2D eigenvalue weighted by Crippen LogP contribution is -2.38. The fourth-order valence-corrected chi connectivity index (χ4v) is 3.83. The van der Waals surface area contributed by atoms with Gasteiger partial charge in [-0.25, -0.2) is 4.98 Å². The molecule has 0 bridgehead atoms. The number of fused-ring (bicyclic) bond motifs is 1. The predicted molar refractivity (Wildman–Crippen MR) is 106 cm³/mol. The summed E-state index contributed by atoms with van der Waals surface area (Å²) < 4.78 is 2.28. The molecule has 2 heterocycles. The summed E-state index contributed by atoms with van der Waals surface area (Å²) in [5, 5.41) is 9.96. The van der Waals surface area contributed by atoms with Crippen LogP contribution in [0.25, 0.3) is 10.9 Å². The van der Waals surface area contributed by atoms with Crippen LogP contribution in [-0.2, 0) is 11.3 Å². The number of nitrogens with zero attached hydrogens (tertiary/aromatic N) is 5. The van der Waals surface area contributed by atoms with E-state index in [1.54, 1.807) is 17.0 Å². The molecule has 0 radical (unpaired) electrons. The molecule has 1 amide bonds. The number of hydrogen-bond acceptors (Lipinski definition) is 6. The van der Waals surface area contributed by atoms with Crippen molar-refractivity contribution in [2.45, 2.75) is 39.8 Å². The first kappa shape index (κ1) is 18.7. The summed E-state index contributed by atoms with van der Waals surface area (Å²) in [7, 11) is 0. The van der Waals surface area contributed by atoms with Crippen LogP contribution in [0.2, 0.25) is 0 Å². The summed E-state index contributed by atoms with van der Waals surface area (Å²) in [6.07, 6.45) is 1.67. The molecular weight excluding hydrogens is 418 g/mol. The van der Waals surface area contributed by atoms with Crippen LogP contribution in [0.15, 0.2) is 33.8 Å². The van der Waals surface area contributed by atoms with Crippen LogP contribution in [0.3, 0.4) is 0 Å². The smallest absolute Gasteiger partial charge is 0.261 e. The summed E-state index contributed by atoms with van der Waals surface area (Å²) in [5.74, 6) is -0.0996. The number of aromatic nitrogens is 4. The van der Waals surface area contributed by atoms with Gasteiger partial charge in [-0.3, -0.25) is 19.1 Å². The van der Waals surface area contributed by atoms with E-state index in [9.17, 15) is 9.59 Å². The van der Waals surface area contributed by atoms with E-state index in [0.29, 0.717) is 16.0 Å². The van der Waals surface area contributed by atoms with Crippen molar-refractivity contribution in [1.82, 2.24) is 19.7 Å². The lowest BCUT2D eigenvalue weighted by atomic mass is 10.2. The van der Waals surface area contributed by atoms with Crippen LogP contribution >= 0.6 is 27.3 Å². The van der Waals surface area contributed by atoms with E-state index in [4.69, 9.17) is 0 Å². The molecule has 0 unspecified atom stereocenters. The standard InChI is InChI=1S/C17H18BrN5O2S/c1-10(2)23(17-21-20-11(3)26-17)15(24)6-7-22-9-19-14-5-4-12(18)8-13(14)16(22)25/h4-5,8-10H,6-7H2,1-3H3. The van der Waals surface area contributed by atoms with Crippen LogP contribution in [0.4, 0.5) is 5.13 Å². The Hall–Kier alpha value is -2.13. The van der Waals surface area contributed by atoms with Crippen LogP contribution < -0.4 is 10.5 Å². The van der Waals surface area contributed by atoms with Gasteiger partial charge in [0, 0.05) is 23.5 Å². The van der Waals surface area contributed by atoms with Crippen molar-refractivity contribution in [3.05, 3.63) is 44.4 Å². The zero-order valence-electron chi connectivity index (χ0n) is 14.6. The summed E-state index contributed by atoms with van der Waals surface area (Å²) in [6.45, 7) is 5.96. The number of anilines is 1. The molecule has 1 aromatic carbocycles. The molecule has 0 fully saturated rings. The second kappa shape index (κ2) is 7.63. The minimum Gasteiger partial charge on any atom is -0.298 e. The highest BCUT2D eigenvalue weighted by Crippen LogP contribution is 2.22. The Kier molecular flexibility index (Phi) is 5.47. The van der Waals surface area contributed by atoms with Gasteiger partial charge in [0.1, 0.15) is 5.01 Å². The predicted octanol–water partition coefficient (Wildman–Crippen LogP) is 3.15. The topological polar surface area (TPSA) is 81.0 Å². The van der Waals surface area contributed by atoms with E-state index in [2.05, 4.69) is 31.1 Å². The number of aryl methyl sites for hydroxylation is 2. The molecule has 0 aliphatic carbocycles. The Balaban J connectivity index is 1.81. The first-order valence-corrected chi connectivity index (χ1v) is 9.74. The molecule has 26 heavy (non-hydrogen) atoms. The van der Waals surface area contributed by atoms with Crippen LogP contribution in [0.1, 0.15) is 25.3 Å². The Bertz CT molecular complexity index is 1010. The normalized spacial score (nSPS) is 11.3. The highest BCUT2D eigenvalue weighted by atomic mass is 79.9. The van der Waals surface area contributed by atoms with Crippen molar-refractivity contribution in [2.75, 3.05) is 4.90 Å². The van der Waals surface area contributed by atoms with E-state index < -0.39 is 0 Å². The van der Waals surface area contributed by atoms with E-state index in [1.165, 1.54) is 22.2 Å².